The highest BCUT2D eigenvalue weighted by atomic mass is 32.1. The number of benzene rings is 1. The SMILES string of the molecule is COc1cc(CNC(=O)COC(=O)c2cccs2)cc(OC)c1OC. The van der Waals surface area contributed by atoms with Crippen molar-refractivity contribution in [3.05, 3.63) is 40.1 Å². The van der Waals surface area contributed by atoms with Crippen LogP contribution in [0, 0.1) is 0 Å². The first-order chi connectivity index (χ1) is 12.1. The van der Waals surface area contributed by atoms with Crippen molar-refractivity contribution in [1.82, 2.24) is 5.32 Å². The van der Waals surface area contributed by atoms with Gasteiger partial charge < -0.3 is 24.3 Å². The monoisotopic (exact) mass is 365 g/mol. The summed E-state index contributed by atoms with van der Waals surface area (Å²) in [7, 11) is 4.55. The minimum absolute atomic E-state index is 0.228. The van der Waals surface area contributed by atoms with Crippen LogP contribution in [0.4, 0.5) is 0 Å². The zero-order valence-electron chi connectivity index (χ0n) is 14.2. The first-order valence-corrected chi connectivity index (χ1v) is 8.23. The largest absolute Gasteiger partial charge is 0.493 e. The molecule has 0 radical (unpaired) electrons. The highest BCUT2D eigenvalue weighted by molar-refractivity contribution is 7.11. The van der Waals surface area contributed by atoms with E-state index in [1.165, 1.54) is 32.7 Å². The second-order valence-corrected chi connectivity index (χ2v) is 5.81. The van der Waals surface area contributed by atoms with Gasteiger partial charge in [-0.15, -0.1) is 11.3 Å². The van der Waals surface area contributed by atoms with Crippen LogP contribution in [0.5, 0.6) is 17.2 Å². The normalized spacial score (nSPS) is 10.0. The van der Waals surface area contributed by atoms with E-state index in [9.17, 15) is 9.59 Å². The molecule has 7 nitrogen and oxygen atoms in total. The van der Waals surface area contributed by atoms with Crippen molar-refractivity contribution in [3.8, 4) is 17.2 Å². The Bertz CT molecular complexity index is 704. The summed E-state index contributed by atoms with van der Waals surface area (Å²) in [5, 5.41) is 4.44. The Labute approximate surface area is 149 Å². The number of nitrogens with one attached hydrogen (secondary N) is 1. The minimum atomic E-state index is -0.516. The van der Waals surface area contributed by atoms with Crippen LogP contribution in [-0.2, 0) is 16.1 Å². The molecule has 0 spiro atoms. The highest BCUT2D eigenvalue weighted by Crippen LogP contribution is 2.38. The Morgan fingerprint density at radius 2 is 1.76 bits per heavy atom. The van der Waals surface area contributed by atoms with Crippen molar-refractivity contribution in [2.45, 2.75) is 6.54 Å². The van der Waals surface area contributed by atoms with E-state index in [-0.39, 0.29) is 13.2 Å². The first kappa shape index (κ1) is 18.6. The molecule has 0 saturated carbocycles. The molecular weight excluding hydrogens is 346 g/mol. The first-order valence-electron chi connectivity index (χ1n) is 7.35. The number of methoxy groups -OCH3 is 3. The van der Waals surface area contributed by atoms with Gasteiger partial charge in [-0.3, -0.25) is 4.79 Å². The van der Waals surface area contributed by atoms with Crippen molar-refractivity contribution < 1.29 is 28.5 Å². The lowest BCUT2D eigenvalue weighted by molar-refractivity contribution is -0.124. The lowest BCUT2D eigenvalue weighted by atomic mass is 10.1. The smallest absolute Gasteiger partial charge is 0.348 e. The Morgan fingerprint density at radius 3 is 2.28 bits per heavy atom. The van der Waals surface area contributed by atoms with E-state index < -0.39 is 11.9 Å². The van der Waals surface area contributed by atoms with Gasteiger partial charge in [-0.05, 0) is 29.1 Å². The van der Waals surface area contributed by atoms with Crippen LogP contribution in [0.2, 0.25) is 0 Å². The molecule has 0 fully saturated rings. The summed E-state index contributed by atoms with van der Waals surface area (Å²) >= 11 is 1.26. The van der Waals surface area contributed by atoms with E-state index in [1.54, 1.807) is 29.6 Å². The molecule has 0 bridgehead atoms. The fraction of sp³-hybridized carbons (Fsp3) is 0.294. The quantitative estimate of drug-likeness (QED) is 0.723. The molecule has 25 heavy (non-hydrogen) atoms. The van der Waals surface area contributed by atoms with Crippen molar-refractivity contribution in [2.75, 3.05) is 27.9 Å². The summed E-state index contributed by atoms with van der Waals surface area (Å²) in [5.74, 6) is 0.548. The molecule has 0 saturated heterocycles. The van der Waals surface area contributed by atoms with Gasteiger partial charge in [0.05, 0.1) is 21.3 Å². The zero-order valence-corrected chi connectivity index (χ0v) is 15.0. The van der Waals surface area contributed by atoms with E-state index in [1.807, 2.05) is 0 Å². The average Bonchev–Trinajstić information content (AvgIpc) is 3.18. The number of rotatable bonds is 8. The predicted molar refractivity (Wildman–Crippen MR) is 92.5 cm³/mol. The number of carbonyl (C=O) groups is 2. The van der Waals surface area contributed by atoms with Crippen LogP contribution in [0.15, 0.2) is 29.6 Å². The molecule has 134 valence electrons. The Morgan fingerprint density at radius 1 is 1.08 bits per heavy atom. The number of thiophene rings is 1. The summed E-state index contributed by atoms with van der Waals surface area (Å²) in [5.41, 5.74) is 0.757. The molecular formula is C17H19NO6S. The maximum Gasteiger partial charge on any atom is 0.348 e. The molecule has 0 atom stereocenters. The van der Waals surface area contributed by atoms with Crippen molar-refractivity contribution in [2.24, 2.45) is 0 Å². The van der Waals surface area contributed by atoms with Crippen molar-refractivity contribution in [1.29, 1.82) is 0 Å². The number of carbonyl (C=O) groups excluding carboxylic acids is 2. The number of esters is 1. The van der Waals surface area contributed by atoms with Crippen LogP contribution in [0.3, 0.4) is 0 Å². The molecule has 1 aromatic heterocycles. The van der Waals surface area contributed by atoms with Crippen LogP contribution in [-0.4, -0.2) is 39.8 Å². The molecule has 0 unspecified atom stereocenters. The molecule has 1 aromatic carbocycles. The third kappa shape index (κ3) is 4.87. The minimum Gasteiger partial charge on any atom is -0.493 e. The van der Waals surface area contributed by atoms with Crippen LogP contribution < -0.4 is 19.5 Å². The summed E-state index contributed by atoms with van der Waals surface area (Å²) in [6.07, 6.45) is 0. The van der Waals surface area contributed by atoms with E-state index in [0.29, 0.717) is 22.1 Å². The maximum atomic E-state index is 11.9. The van der Waals surface area contributed by atoms with Gasteiger partial charge in [0.1, 0.15) is 4.88 Å². The van der Waals surface area contributed by atoms with E-state index >= 15 is 0 Å². The second-order valence-electron chi connectivity index (χ2n) is 4.86. The van der Waals surface area contributed by atoms with E-state index in [0.717, 1.165) is 5.56 Å². The van der Waals surface area contributed by atoms with Gasteiger partial charge in [0, 0.05) is 6.54 Å². The molecule has 1 heterocycles. The lowest BCUT2D eigenvalue weighted by Crippen LogP contribution is -2.28. The van der Waals surface area contributed by atoms with Gasteiger partial charge in [0.15, 0.2) is 18.1 Å². The number of amides is 1. The molecule has 0 aliphatic rings. The number of ether oxygens (including phenoxy) is 4. The summed E-state index contributed by atoms with van der Waals surface area (Å²) in [6, 6.07) is 6.85. The summed E-state index contributed by atoms with van der Waals surface area (Å²) in [4.78, 5) is 24.0. The highest BCUT2D eigenvalue weighted by Gasteiger charge is 2.14. The van der Waals surface area contributed by atoms with Crippen LogP contribution in [0.25, 0.3) is 0 Å². The number of hydrogen-bond acceptors (Lipinski definition) is 7. The third-order valence-corrected chi connectivity index (χ3v) is 4.12. The van der Waals surface area contributed by atoms with Crippen molar-refractivity contribution >= 4 is 23.2 Å². The number of hydrogen-bond donors (Lipinski definition) is 1. The Balaban J connectivity index is 1.92. The van der Waals surface area contributed by atoms with Gasteiger partial charge in [-0.1, -0.05) is 6.07 Å². The molecule has 0 aliphatic carbocycles. The summed E-state index contributed by atoms with van der Waals surface area (Å²) in [6.45, 7) is -0.118. The maximum absolute atomic E-state index is 11.9. The van der Waals surface area contributed by atoms with Gasteiger partial charge in [-0.25, -0.2) is 4.79 Å². The zero-order chi connectivity index (χ0) is 18.2. The average molecular weight is 365 g/mol. The molecule has 2 aromatic rings. The van der Waals surface area contributed by atoms with E-state index in [4.69, 9.17) is 18.9 Å². The third-order valence-electron chi connectivity index (χ3n) is 3.27. The molecule has 1 N–H and O–H groups in total. The van der Waals surface area contributed by atoms with Crippen LogP contribution >= 0.6 is 11.3 Å². The van der Waals surface area contributed by atoms with E-state index in [2.05, 4.69) is 5.32 Å². The van der Waals surface area contributed by atoms with Crippen LogP contribution in [0.1, 0.15) is 15.2 Å². The second kappa shape index (κ2) is 8.93. The fourth-order valence-corrected chi connectivity index (χ4v) is 2.70. The molecule has 1 amide bonds. The molecule has 2 rings (SSSR count). The van der Waals surface area contributed by atoms with Crippen molar-refractivity contribution in [3.63, 3.8) is 0 Å². The van der Waals surface area contributed by atoms with Gasteiger partial charge in [0.25, 0.3) is 5.91 Å². The topological polar surface area (TPSA) is 83.1 Å². The fourth-order valence-electron chi connectivity index (χ4n) is 2.09. The molecule has 0 aliphatic heterocycles. The predicted octanol–water partition coefficient (Wildman–Crippen LogP) is 2.25. The lowest BCUT2D eigenvalue weighted by Gasteiger charge is -2.14. The van der Waals surface area contributed by atoms with Gasteiger partial charge in [0.2, 0.25) is 5.75 Å². The standard InChI is InChI=1S/C17H19NO6S/c1-21-12-7-11(8-13(22-2)16(12)23-3)9-18-15(19)10-24-17(20)14-5-4-6-25-14/h4-8H,9-10H2,1-3H3,(H,18,19). The Kier molecular flexibility index (Phi) is 6.64. The van der Waals surface area contributed by atoms with Gasteiger partial charge in [-0.2, -0.15) is 0 Å². The Hall–Kier alpha value is -2.74. The molecule has 8 heteroatoms. The van der Waals surface area contributed by atoms with Gasteiger partial charge >= 0.3 is 5.97 Å². The summed E-state index contributed by atoms with van der Waals surface area (Å²) < 4.78 is 20.7.